The van der Waals surface area contributed by atoms with Gasteiger partial charge in [-0.25, -0.2) is 0 Å². The first-order valence-corrected chi connectivity index (χ1v) is 6.89. The van der Waals surface area contributed by atoms with Gasteiger partial charge >= 0.3 is 0 Å². The molecule has 2 fully saturated rings. The lowest BCUT2D eigenvalue weighted by molar-refractivity contribution is -0.125. The van der Waals surface area contributed by atoms with Crippen molar-refractivity contribution in [3.8, 4) is 0 Å². The van der Waals surface area contributed by atoms with Crippen LogP contribution in [0.15, 0.2) is 4.99 Å². The topological polar surface area (TPSA) is 53.5 Å². The van der Waals surface area contributed by atoms with Gasteiger partial charge in [-0.1, -0.05) is 34.6 Å². The molecule has 0 aromatic heterocycles. The van der Waals surface area contributed by atoms with Crippen LogP contribution in [0.5, 0.6) is 0 Å². The van der Waals surface area contributed by atoms with E-state index in [0.29, 0.717) is 17.8 Å². The van der Waals surface area contributed by atoms with Gasteiger partial charge in [0.25, 0.3) is 5.91 Å². The fourth-order valence-corrected chi connectivity index (χ4v) is 3.35. The Morgan fingerprint density at radius 3 is 2.61 bits per heavy atom. The summed E-state index contributed by atoms with van der Waals surface area (Å²) in [6, 6.07) is 0. The summed E-state index contributed by atoms with van der Waals surface area (Å²) >= 11 is 0. The molecule has 1 saturated heterocycles. The summed E-state index contributed by atoms with van der Waals surface area (Å²) < 4.78 is 0. The monoisotopic (exact) mass is 251 g/mol. The third-order valence-electron chi connectivity index (χ3n) is 4.05. The molecule has 0 aromatic carbocycles. The molecule has 2 atom stereocenters. The highest BCUT2D eigenvalue weighted by Crippen LogP contribution is 2.48. The molecule has 1 saturated carbocycles. The minimum Gasteiger partial charge on any atom is -0.341 e. The maximum atomic E-state index is 12.3. The summed E-state index contributed by atoms with van der Waals surface area (Å²) in [7, 11) is 0. The predicted molar refractivity (Wildman–Crippen MR) is 73.3 cm³/mol. The zero-order valence-electron chi connectivity index (χ0n) is 12.1. The van der Waals surface area contributed by atoms with E-state index in [1.807, 2.05) is 0 Å². The number of rotatable bonds is 2. The van der Waals surface area contributed by atoms with Crippen molar-refractivity contribution < 1.29 is 4.79 Å². The van der Waals surface area contributed by atoms with E-state index in [9.17, 15) is 4.79 Å². The van der Waals surface area contributed by atoms with Crippen molar-refractivity contribution in [2.75, 3.05) is 6.54 Å². The van der Waals surface area contributed by atoms with Crippen LogP contribution in [0.3, 0.4) is 0 Å². The van der Waals surface area contributed by atoms with E-state index in [-0.39, 0.29) is 11.3 Å². The van der Waals surface area contributed by atoms with Crippen LogP contribution in [0, 0.1) is 17.3 Å². The normalized spacial score (nSPS) is 36.4. The zero-order valence-corrected chi connectivity index (χ0v) is 12.1. The van der Waals surface area contributed by atoms with Crippen LogP contribution in [0.4, 0.5) is 0 Å². The number of nitrogens with zero attached hydrogens (tertiary/aromatic N) is 1. The molecule has 2 aliphatic rings. The van der Waals surface area contributed by atoms with Crippen molar-refractivity contribution in [1.29, 1.82) is 0 Å². The fourth-order valence-electron chi connectivity index (χ4n) is 3.35. The number of nitrogens with one attached hydrogen (secondary N) is 2. The van der Waals surface area contributed by atoms with Crippen LogP contribution < -0.4 is 10.6 Å². The number of aliphatic imine (C=N–C) groups is 1. The van der Waals surface area contributed by atoms with Crippen LogP contribution in [-0.2, 0) is 4.79 Å². The fraction of sp³-hybridized carbons (Fsp3) is 0.857. The molecule has 2 unspecified atom stereocenters. The molecule has 4 heteroatoms. The lowest BCUT2D eigenvalue weighted by Gasteiger charge is -2.26. The van der Waals surface area contributed by atoms with Gasteiger partial charge in [-0.05, 0) is 30.1 Å². The molecule has 1 aliphatic heterocycles. The quantitative estimate of drug-likeness (QED) is 0.787. The van der Waals surface area contributed by atoms with Gasteiger partial charge in [0.1, 0.15) is 5.54 Å². The first kappa shape index (κ1) is 13.4. The largest absolute Gasteiger partial charge is 0.341 e. The van der Waals surface area contributed by atoms with E-state index in [4.69, 9.17) is 0 Å². The summed E-state index contributed by atoms with van der Waals surface area (Å²) in [5, 5.41) is 6.28. The lowest BCUT2D eigenvalue weighted by Crippen LogP contribution is -2.49. The van der Waals surface area contributed by atoms with Crippen LogP contribution in [0.2, 0.25) is 0 Å². The molecule has 18 heavy (non-hydrogen) atoms. The lowest BCUT2D eigenvalue weighted by atomic mass is 9.86. The van der Waals surface area contributed by atoms with E-state index in [0.717, 1.165) is 19.4 Å². The molecular weight excluding hydrogens is 226 g/mol. The minimum atomic E-state index is -0.431. The van der Waals surface area contributed by atoms with Gasteiger partial charge in [-0.3, -0.25) is 15.1 Å². The molecule has 1 spiro atoms. The first-order valence-electron chi connectivity index (χ1n) is 6.89. The Balaban J connectivity index is 2.17. The number of carbonyl (C=O) groups excluding carboxylic acids is 1. The first-order chi connectivity index (χ1) is 8.25. The summed E-state index contributed by atoms with van der Waals surface area (Å²) in [6.07, 6.45) is 1.96. The molecule has 1 aliphatic carbocycles. The number of amides is 1. The Kier molecular flexibility index (Phi) is 3.16. The Morgan fingerprint density at radius 2 is 2.11 bits per heavy atom. The summed E-state index contributed by atoms with van der Waals surface area (Å²) in [6.45, 7) is 11.6. The van der Waals surface area contributed by atoms with Crippen LogP contribution >= 0.6 is 0 Å². The van der Waals surface area contributed by atoms with E-state index >= 15 is 0 Å². The van der Waals surface area contributed by atoms with Gasteiger partial charge in [0.05, 0.1) is 0 Å². The summed E-state index contributed by atoms with van der Waals surface area (Å²) in [4.78, 5) is 16.7. The molecule has 0 bridgehead atoms. The molecule has 1 amide bonds. The van der Waals surface area contributed by atoms with Gasteiger partial charge < -0.3 is 5.32 Å². The van der Waals surface area contributed by atoms with Crippen LogP contribution in [-0.4, -0.2) is 24.0 Å². The molecule has 102 valence electrons. The Hall–Kier alpha value is -1.06. The second-order valence-corrected chi connectivity index (χ2v) is 7.08. The highest BCUT2D eigenvalue weighted by molar-refractivity contribution is 6.09. The average molecular weight is 251 g/mol. The predicted octanol–water partition coefficient (Wildman–Crippen LogP) is 1.91. The average Bonchev–Trinajstić information content (AvgIpc) is 2.63. The smallest absolute Gasteiger partial charge is 0.252 e. The highest BCUT2D eigenvalue weighted by Gasteiger charge is 2.57. The van der Waals surface area contributed by atoms with Crippen molar-refractivity contribution in [2.24, 2.45) is 22.2 Å². The van der Waals surface area contributed by atoms with Crippen molar-refractivity contribution in [1.82, 2.24) is 10.6 Å². The van der Waals surface area contributed by atoms with Gasteiger partial charge in [0.2, 0.25) is 0 Å². The van der Waals surface area contributed by atoms with Gasteiger partial charge in [0.15, 0.2) is 5.96 Å². The molecule has 0 radical (unpaired) electrons. The number of guanidine groups is 1. The standard InChI is InChI=1S/C14H25N3O/c1-9(2)7-15-12-16-11(18)14(17-12)8-13(4,5)6-10(14)3/h9-10H,6-8H2,1-5H3,(H2,15,16,17,18). The van der Waals surface area contributed by atoms with Crippen molar-refractivity contribution in [3.63, 3.8) is 0 Å². The third-order valence-corrected chi connectivity index (χ3v) is 4.05. The van der Waals surface area contributed by atoms with Crippen molar-refractivity contribution in [2.45, 2.75) is 53.0 Å². The molecule has 2 rings (SSSR count). The Labute approximate surface area is 110 Å². The third kappa shape index (κ3) is 2.25. The maximum Gasteiger partial charge on any atom is 0.252 e. The molecular formula is C14H25N3O. The highest BCUT2D eigenvalue weighted by atomic mass is 16.2. The molecule has 0 aromatic rings. The van der Waals surface area contributed by atoms with Gasteiger partial charge in [0, 0.05) is 6.54 Å². The van der Waals surface area contributed by atoms with Crippen LogP contribution in [0.1, 0.15) is 47.5 Å². The van der Waals surface area contributed by atoms with E-state index in [2.05, 4.69) is 50.2 Å². The van der Waals surface area contributed by atoms with Crippen LogP contribution in [0.25, 0.3) is 0 Å². The van der Waals surface area contributed by atoms with Gasteiger partial charge in [-0.15, -0.1) is 0 Å². The number of carbonyl (C=O) groups is 1. The zero-order chi connectivity index (χ0) is 13.6. The summed E-state index contributed by atoms with van der Waals surface area (Å²) in [5.41, 5.74) is -0.212. The van der Waals surface area contributed by atoms with E-state index < -0.39 is 5.54 Å². The second-order valence-electron chi connectivity index (χ2n) is 7.08. The number of hydrogen-bond donors (Lipinski definition) is 2. The van der Waals surface area contributed by atoms with Crippen molar-refractivity contribution >= 4 is 11.9 Å². The van der Waals surface area contributed by atoms with Gasteiger partial charge in [-0.2, -0.15) is 0 Å². The summed E-state index contributed by atoms with van der Waals surface area (Å²) in [5.74, 6) is 1.62. The molecule has 2 N–H and O–H groups in total. The van der Waals surface area contributed by atoms with Crippen molar-refractivity contribution in [3.05, 3.63) is 0 Å². The maximum absolute atomic E-state index is 12.3. The molecule has 4 nitrogen and oxygen atoms in total. The van der Waals surface area contributed by atoms with E-state index in [1.54, 1.807) is 0 Å². The second kappa shape index (κ2) is 4.25. The Bertz CT molecular complexity index is 387. The van der Waals surface area contributed by atoms with E-state index in [1.165, 1.54) is 0 Å². The SMILES string of the molecule is CC(C)CN=C1NC(=O)C2(CC(C)(C)CC2C)N1. The number of hydrogen-bond acceptors (Lipinski definition) is 2. The molecule has 1 heterocycles. The minimum absolute atomic E-state index is 0.100. The Morgan fingerprint density at radius 1 is 1.44 bits per heavy atom.